The Morgan fingerprint density at radius 1 is 0.864 bits per heavy atom. The molecule has 0 atom stereocenters. The molecule has 5 aromatic rings. The van der Waals surface area contributed by atoms with Gasteiger partial charge in [-0.1, -0.05) is 35.5 Å². The van der Waals surface area contributed by atoms with Crippen molar-refractivity contribution in [2.45, 2.75) is 0 Å². The molecule has 0 N–H and O–H groups in total. The number of aromatic nitrogens is 5. The van der Waals surface area contributed by atoms with Crippen LogP contribution in [-0.4, -0.2) is 24.4 Å². The van der Waals surface area contributed by atoms with Crippen molar-refractivity contribution in [2.75, 3.05) is 0 Å². The molecule has 2 aromatic carbocycles. The van der Waals surface area contributed by atoms with Crippen LogP contribution in [0.4, 0.5) is 0 Å². The molecule has 0 fully saturated rings. The van der Waals surface area contributed by atoms with Gasteiger partial charge in [0.1, 0.15) is 5.69 Å². The molecule has 3 heterocycles. The lowest BCUT2D eigenvalue weighted by Gasteiger charge is -2.08. The zero-order chi connectivity index (χ0) is 14.5. The molecule has 0 spiro atoms. The van der Waals surface area contributed by atoms with E-state index in [4.69, 9.17) is 4.98 Å². The number of hydrogen-bond acceptors (Lipinski definition) is 3. The van der Waals surface area contributed by atoms with Crippen LogP contribution in [0.2, 0.25) is 0 Å². The molecule has 5 nitrogen and oxygen atoms in total. The average Bonchev–Trinajstić information content (AvgIpc) is 3.22. The molecule has 0 amide bonds. The predicted octanol–water partition coefficient (Wildman–Crippen LogP) is 3.22. The molecule has 3 aromatic heterocycles. The first-order valence-electron chi connectivity index (χ1n) is 7.07. The van der Waals surface area contributed by atoms with Crippen LogP contribution >= 0.6 is 0 Å². The van der Waals surface area contributed by atoms with Gasteiger partial charge in [-0.25, -0.2) is 9.67 Å². The summed E-state index contributed by atoms with van der Waals surface area (Å²) in [7, 11) is 0. The van der Waals surface area contributed by atoms with E-state index in [0.29, 0.717) is 0 Å². The SMILES string of the molecule is c1ccc2c(c1)cc(-n1ccnn1)c1nc3ccccc3n12. The number of benzene rings is 2. The first-order valence-corrected chi connectivity index (χ1v) is 7.07. The molecule has 5 heteroatoms. The molecule has 0 unspecified atom stereocenters. The summed E-state index contributed by atoms with van der Waals surface area (Å²) in [6.45, 7) is 0. The first kappa shape index (κ1) is 11.4. The third kappa shape index (κ3) is 1.45. The van der Waals surface area contributed by atoms with Crippen LogP contribution in [0.15, 0.2) is 67.0 Å². The van der Waals surface area contributed by atoms with Crippen LogP contribution in [0.3, 0.4) is 0 Å². The minimum Gasteiger partial charge on any atom is -0.290 e. The van der Waals surface area contributed by atoms with E-state index >= 15 is 0 Å². The molecule has 22 heavy (non-hydrogen) atoms. The summed E-state index contributed by atoms with van der Waals surface area (Å²) in [5.74, 6) is 0. The molecular weight excluding hydrogens is 274 g/mol. The molecule has 0 saturated carbocycles. The maximum Gasteiger partial charge on any atom is 0.164 e. The van der Waals surface area contributed by atoms with Gasteiger partial charge in [0, 0.05) is 5.39 Å². The molecule has 104 valence electrons. The van der Waals surface area contributed by atoms with Gasteiger partial charge in [-0.2, -0.15) is 0 Å². The molecule has 0 saturated heterocycles. The van der Waals surface area contributed by atoms with Gasteiger partial charge in [0.2, 0.25) is 0 Å². The Morgan fingerprint density at radius 3 is 2.55 bits per heavy atom. The zero-order valence-corrected chi connectivity index (χ0v) is 11.6. The second-order valence-electron chi connectivity index (χ2n) is 5.20. The number of pyridine rings is 1. The highest BCUT2D eigenvalue weighted by molar-refractivity contribution is 5.93. The van der Waals surface area contributed by atoms with E-state index in [-0.39, 0.29) is 0 Å². The van der Waals surface area contributed by atoms with Crippen molar-refractivity contribution in [3.63, 3.8) is 0 Å². The minimum absolute atomic E-state index is 0.880. The topological polar surface area (TPSA) is 48.0 Å². The molecule has 0 bridgehead atoms. The van der Waals surface area contributed by atoms with E-state index < -0.39 is 0 Å². The van der Waals surface area contributed by atoms with E-state index in [1.165, 1.54) is 0 Å². The number of para-hydroxylation sites is 3. The van der Waals surface area contributed by atoms with Gasteiger partial charge in [-0.3, -0.25) is 4.40 Å². The number of hydrogen-bond donors (Lipinski definition) is 0. The van der Waals surface area contributed by atoms with E-state index in [2.05, 4.69) is 39.0 Å². The third-order valence-electron chi connectivity index (χ3n) is 3.93. The Balaban J connectivity index is 2.09. The van der Waals surface area contributed by atoms with Gasteiger partial charge in [0.25, 0.3) is 0 Å². The quantitative estimate of drug-likeness (QED) is 0.475. The monoisotopic (exact) mass is 285 g/mol. The maximum atomic E-state index is 4.80. The van der Waals surface area contributed by atoms with Crippen molar-refractivity contribution in [3.8, 4) is 5.69 Å². The first-order chi connectivity index (χ1) is 10.9. The van der Waals surface area contributed by atoms with Gasteiger partial charge >= 0.3 is 0 Å². The number of imidazole rings is 1. The van der Waals surface area contributed by atoms with Crippen LogP contribution in [0.1, 0.15) is 0 Å². The van der Waals surface area contributed by atoms with Gasteiger partial charge in [-0.15, -0.1) is 5.10 Å². The standard InChI is InChI=1S/C17H11N5/c1-3-7-14-12(5-1)11-16(21-10-9-18-20-21)17-19-13-6-2-4-8-15(13)22(14)17/h1-11H. The van der Waals surface area contributed by atoms with E-state index in [1.54, 1.807) is 10.9 Å². The number of nitrogens with zero attached hydrogens (tertiary/aromatic N) is 5. The Labute approximate surface area is 125 Å². The van der Waals surface area contributed by atoms with Crippen molar-refractivity contribution in [3.05, 3.63) is 67.0 Å². The summed E-state index contributed by atoms with van der Waals surface area (Å²) in [4.78, 5) is 4.80. The van der Waals surface area contributed by atoms with E-state index in [0.717, 1.165) is 33.3 Å². The summed E-state index contributed by atoms with van der Waals surface area (Å²) >= 11 is 0. The highest BCUT2D eigenvalue weighted by Gasteiger charge is 2.13. The zero-order valence-electron chi connectivity index (χ0n) is 11.6. The fraction of sp³-hybridized carbons (Fsp3) is 0. The Hall–Kier alpha value is -3.21. The number of fused-ring (bicyclic) bond motifs is 5. The molecule has 0 radical (unpaired) electrons. The lowest BCUT2D eigenvalue weighted by atomic mass is 10.2. The van der Waals surface area contributed by atoms with Crippen LogP contribution in [0.5, 0.6) is 0 Å². The minimum atomic E-state index is 0.880. The second kappa shape index (κ2) is 4.14. The van der Waals surface area contributed by atoms with Crippen LogP contribution in [-0.2, 0) is 0 Å². The summed E-state index contributed by atoms with van der Waals surface area (Å²) in [5.41, 5.74) is 5.00. The second-order valence-corrected chi connectivity index (χ2v) is 5.20. The van der Waals surface area contributed by atoms with Crippen molar-refractivity contribution in [2.24, 2.45) is 0 Å². The molecule has 5 rings (SSSR count). The van der Waals surface area contributed by atoms with Crippen molar-refractivity contribution in [1.29, 1.82) is 0 Å². The highest BCUT2D eigenvalue weighted by atomic mass is 15.4. The summed E-state index contributed by atoms with van der Waals surface area (Å²) < 4.78 is 3.94. The summed E-state index contributed by atoms with van der Waals surface area (Å²) in [5, 5.41) is 9.18. The van der Waals surface area contributed by atoms with Crippen LogP contribution < -0.4 is 0 Å². The third-order valence-corrected chi connectivity index (χ3v) is 3.93. The molecule has 0 aliphatic carbocycles. The van der Waals surface area contributed by atoms with Crippen LogP contribution in [0, 0.1) is 0 Å². The van der Waals surface area contributed by atoms with E-state index in [9.17, 15) is 0 Å². The van der Waals surface area contributed by atoms with Gasteiger partial charge < -0.3 is 0 Å². The Bertz CT molecular complexity index is 1120. The normalized spacial score (nSPS) is 11.6. The largest absolute Gasteiger partial charge is 0.290 e. The fourth-order valence-corrected chi connectivity index (χ4v) is 2.97. The van der Waals surface area contributed by atoms with Crippen molar-refractivity contribution < 1.29 is 0 Å². The molecule has 0 aliphatic heterocycles. The lowest BCUT2D eigenvalue weighted by molar-refractivity contribution is 0.804. The maximum absolute atomic E-state index is 4.80. The number of rotatable bonds is 1. The Kier molecular flexibility index (Phi) is 2.16. The molecular formula is C17H11N5. The van der Waals surface area contributed by atoms with Crippen molar-refractivity contribution >= 4 is 27.6 Å². The fourth-order valence-electron chi connectivity index (χ4n) is 2.97. The smallest absolute Gasteiger partial charge is 0.164 e. The van der Waals surface area contributed by atoms with Crippen LogP contribution in [0.25, 0.3) is 33.3 Å². The predicted molar refractivity (Wildman–Crippen MR) is 85.1 cm³/mol. The van der Waals surface area contributed by atoms with Gasteiger partial charge in [0.05, 0.1) is 28.9 Å². The average molecular weight is 285 g/mol. The van der Waals surface area contributed by atoms with E-state index in [1.807, 2.05) is 36.5 Å². The van der Waals surface area contributed by atoms with Crippen molar-refractivity contribution in [1.82, 2.24) is 24.4 Å². The van der Waals surface area contributed by atoms with Gasteiger partial charge in [0.15, 0.2) is 5.65 Å². The lowest BCUT2D eigenvalue weighted by Crippen LogP contribution is -2.00. The Morgan fingerprint density at radius 2 is 1.68 bits per heavy atom. The molecule has 0 aliphatic rings. The summed E-state index contributed by atoms with van der Waals surface area (Å²) in [6.07, 6.45) is 3.51. The highest BCUT2D eigenvalue weighted by Crippen LogP contribution is 2.27. The van der Waals surface area contributed by atoms with Gasteiger partial charge in [-0.05, 0) is 24.3 Å². The summed E-state index contributed by atoms with van der Waals surface area (Å²) in [6, 6.07) is 18.6.